The largest absolute Gasteiger partial charge is 0.493 e. The molecule has 0 saturated carbocycles. The molecule has 2 aliphatic heterocycles. The quantitative estimate of drug-likeness (QED) is 0.214. The molecule has 0 spiro atoms. The van der Waals surface area contributed by atoms with E-state index < -0.39 is 23.6 Å². The summed E-state index contributed by atoms with van der Waals surface area (Å²) in [5.41, 5.74) is 5.46. The number of methoxy groups -OCH3 is 1. The Morgan fingerprint density at radius 1 is 1.04 bits per heavy atom. The number of nitrogens with zero attached hydrogens (tertiary/aromatic N) is 4. The molecule has 4 aromatic rings. The van der Waals surface area contributed by atoms with Gasteiger partial charge in [-0.05, 0) is 67.6 Å². The van der Waals surface area contributed by atoms with Crippen molar-refractivity contribution in [1.82, 2.24) is 19.4 Å². The summed E-state index contributed by atoms with van der Waals surface area (Å²) >= 11 is 6.65. The minimum absolute atomic E-state index is 0.0474. The maximum Gasteiger partial charge on any atom is 0.291 e. The highest BCUT2D eigenvalue weighted by Crippen LogP contribution is 2.45. The van der Waals surface area contributed by atoms with Crippen molar-refractivity contribution < 1.29 is 23.0 Å². The number of fused-ring (bicyclic) bond motifs is 2. The Hall–Kier alpha value is -3.99. The predicted molar refractivity (Wildman–Crippen MR) is 182 cm³/mol. The van der Waals surface area contributed by atoms with E-state index >= 15 is 8.78 Å². The monoisotopic (exact) mass is 675 g/mol. The summed E-state index contributed by atoms with van der Waals surface area (Å²) in [6.45, 7) is 6.21. The highest BCUT2D eigenvalue weighted by atomic mass is 35.5. The average molecular weight is 676 g/mol. The van der Waals surface area contributed by atoms with Crippen LogP contribution in [-0.4, -0.2) is 59.0 Å². The minimum atomic E-state index is -0.619. The zero-order valence-corrected chi connectivity index (χ0v) is 28.5. The van der Waals surface area contributed by atoms with E-state index in [1.807, 2.05) is 32.3 Å². The van der Waals surface area contributed by atoms with Crippen LogP contribution in [0.3, 0.4) is 0 Å². The molecule has 1 amide bonds. The van der Waals surface area contributed by atoms with Gasteiger partial charge in [-0.1, -0.05) is 48.9 Å². The molecule has 1 fully saturated rings. The number of carbonyl (C=O) groups excluding carboxylic acids is 1. The first-order valence-electron chi connectivity index (χ1n) is 16.5. The molecule has 0 bridgehead atoms. The third kappa shape index (κ3) is 5.95. The number of hydrogen-bond acceptors (Lipinski definition) is 6. The summed E-state index contributed by atoms with van der Waals surface area (Å²) in [6, 6.07) is 12.3. The molecule has 11 heteroatoms. The molecule has 252 valence electrons. The van der Waals surface area contributed by atoms with Crippen molar-refractivity contribution in [2.45, 2.75) is 51.8 Å². The fourth-order valence-electron chi connectivity index (χ4n) is 7.50. The fraction of sp³-hybridized carbons (Fsp3) is 0.405. The van der Waals surface area contributed by atoms with Crippen LogP contribution < -0.4 is 14.8 Å². The number of likely N-dealkylation sites (N-methyl/N-ethyl adjacent to an activating group) is 1. The van der Waals surface area contributed by atoms with E-state index in [4.69, 9.17) is 21.1 Å². The molecular weight excluding hydrogens is 636 g/mol. The zero-order valence-electron chi connectivity index (χ0n) is 27.7. The molecule has 2 unspecified atom stereocenters. The van der Waals surface area contributed by atoms with Crippen molar-refractivity contribution >= 4 is 23.2 Å². The second-order valence-corrected chi connectivity index (χ2v) is 13.7. The van der Waals surface area contributed by atoms with Crippen LogP contribution in [0.25, 0.3) is 11.1 Å². The number of anilines is 1. The van der Waals surface area contributed by atoms with Crippen molar-refractivity contribution in [3.63, 3.8) is 0 Å². The van der Waals surface area contributed by atoms with Crippen molar-refractivity contribution in [3.8, 4) is 22.6 Å². The Morgan fingerprint density at radius 3 is 2.60 bits per heavy atom. The van der Waals surface area contributed by atoms with Crippen LogP contribution in [0.5, 0.6) is 11.5 Å². The predicted octanol–water partition coefficient (Wildman–Crippen LogP) is 7.18. The number of likely N-dealkylation sites (tertiary alicyclic amines) is 1. The van der Waals surface area contributed by atoms with Gasteiger partial charge in [0.2, 0.25) is 5.82 Å². The van der Waals surface area contributed by atoms with Crippen molar-refractivity contribution in [3.05, 3.63) is 93.0 Å². The maximum atomic E-state index is 16.2. The van der Waals surface area contributed by atoms with Crippen LogP contribution in [0, 0.1) is 17.6 Å². The lowest BCUT2D eigenvalue weighted by atomic mass is 9.96. The van der Waals surface area contributed by atoms with Crippen LogP contribution in [0.2, 0.25) is 5.02 Å². The molecule has 3 aliphatic rings. The number of nitrogens with one attached hydrogen (secondary N) is 1. The number of ether oxygens (including phenoxy) is 2. The van der Waals surface area contributed by atoms with Crippen LogP contribution in [-0.2, 0) is 33.0 Å². The molecular formula is C37H40ClF2N5O3. The Balaban J connectivity index is 1.13. The number of aromatic nitrogens is 2. The van der Waals surface area contributed by atoms with Crippen LogP contribution >= 0.6 is 11.6 Å². The SMILES string of the molecule is COc1c(CN2CCC(C)C2)cc(Cl)c(OC2CCc3c(-c4cccc(NC(=O)c5nc6c(n5C)CCN(C)C6)c4F)cccc32)c1F. The molecule has 3 heterocycles. The zero-order chi connectivity index (χ0) is 33.7. The smallest absolute Gasteiger partial charge is 0.291 e. The third-order valence-electron chi connectivity index (χ3n) is 9.98. The molecule has 1 aliphatic carbocycles. The van der Waals surface area contributed by atoms with Crippen LogP contribution in [0.1, 0.15) is 64.6 Å². The lowest BCUT2D eigenvalue weighted by molar-refractivity contribution is 0.101. The van der Waals surface area contributed by atoms with Gasteiger partial charge >= 0.3 is 0 Å². The molecule has 1 aromatic heterocycles. The van der Waals surface area contributed by atoms with E-state index in [0.717, 1.165) is 55.0 Å². The number of amides is 1. The lowest BCUT2D eigenvalue weighted by Gasteiger charge is -2.22. The van der Waals surface area contributed by atoms with Gasteiger partial charge in [0.25, 0.3) is 5.91 Å². The maximum absolute atomic E-state index is 16.2. The first-order valence-corrected chi connectivity index (χ1v) is 16.9. The van der Waals surface area contributed by atoms with Gasteiger partial charge < -0.3 is 24.3 Å². The number of carbonyl (C=O) groups is 1. The van der Waals surface area contributed by atoms with E-state index in [2.05, 4.69) is 27.0 Å². The van der Waals surface area contributed by atoms with E-state index in [1.165, 1.54) is 7.11 Å². The average Bonchev–Trinajstić information content (AvgIpc) is 3.76. The molecule has 2 atom stereocenters. The molecule has 8 nitrogen and oxygen atoms in total. The highest BCUT2D eigenvalue weighted by molar-refractivity contribution is 6.32. The first kappa shape index (κ1) is 32.6. The number of rotatable bonds is 8. The van der Waals surface area contributed by atoms with Gasteiger partial charge in [0.15, 0.2) is 23.1 Å². The van der Waals surface area contributed by atoms with Gasteiger partial charge in [0.05, 0.1) is 23.5 Å². The van der Waals surface area contributed by atoms with Gasteiger partial charge in [-0.3, -0.25) is 9.69 Å². The molecule has 0 radical (unpaired) electrons. The molecule has 3 aromatic carbocycles. The first-order chi connectivity index (χ1) is 23.1. The Kier molecular flexibility index (Phi) is 8.91. The van der Waals surface area contributed by atoms with Crippen LogP contribution in [0.15, 0.2) is 42.5 Å². The van der Waals surface area contributed by atoms with Gasteiger partial charge in [-0.2, -0.15) is 4.39 Å². The van der Waals surface area contributed by atoms with E-state index in [1.54, 1.807) is 28.8 Å². The summed E-state index contributed by atoms with van der Waals surface area (Å²) in [4.78, 5) is 22.3. The number of hydrogen-bond donors (Lipinski definition) is 1. The van der Waals surface area contributed by atoms with Gasteiger partial charge in [0, 0.05) is 56.5 Å². The van der Waals surface area contributed by atoms with Crippen molar-refractivity contribution in [2.75, 3.05) is 39.1 Å². The normalized spacial score (nSPS) is 19.3. The summed E-state index contributed by atoms with van der Waals surface area (Å²) in [7, 11) is 5.30. The number of imidazole rings is 1. The van der Waals surface area contributed by atoms with E-state index in [-0.39, 0.29) is 28.0 Å². The second kappa shape index (κ2) is 13.1. The summed E-state index contributed by atoms with van der Waals surface area (Å²) < 4.78 is 45.7. The Bertz CT molecular complexity index is 1900. The second-order valence-electron chi connectivity index (χ2n) is 13.3. The number of halogens is 3. The summed E-state index contributed by atoms with van der Waals surface area (Å²) in [5, 5.41) is 2.94. The lowest BCUT2D eigenvalue weighted by Crippen LogP contribution is -2.27. The highest BCUT2D eigenvalue weighted by Gasteiger charge is 2.32. The minimum Gasteiger partial charge on any atom is -0.493 e. The van der Waals surface area contributed by atoms with Crippen molar-refractivity contribution in [1.29, 1.82) is 0 Å². The van der Waals surface area contributed by atoms with Gasteiger partial charge in [-0.25, -0.2) is 9.37 Å². The molecule has 48 heavy (non-hydrogen) atoms. The molecule has 1 N–H and O–H groups in total. The standard InChI is InChI=1S/C37H40ClF2N5O3/c1-21-13-16-45(18-21)19-22-17-27(38)35(33(40)34(22)47-4)48-31-12-11-24-23(7-5-8-25(24)31)26-9-6-10-28(32(26)39)42-37(46)36-41-29-20-43(2)15-14-30(29)44(36)3/h5-10,17,21,31H,11-16,18-20H2,1-4H3,(H,42,46). The number of benzene rings is 3. The summed E-state index contributed by atoms with van der Waals surface area (Å²) in [5.74, 6) is -0.681. The Labute approximate surface area is 284 Å². The molecule has 7 rings (SSSR count). The third-order valence-corrected chi connectivity index (χ3v) is 10.3. The van der Waals surface area contributed by atoms with Crippen LogP contribution in [0.4, 0.5) is 14.5 Å². The van der Waals surface area contributed by atoms with Gasteiger partial charge in [0.1, 0.15) is 6.10 Å². The summed E-state index contributed by atoms with van der Waals surface area (Å²) in [6.07, 6.45) is 2.58. The van der Waals surface area contributed by atoms with Crippen molar-refractivity contribution in [2.24, 2.45) is 13.0 Å². The topological polar surface area (TPSA) is 71.9 Å². The molecule has 1 saturated heterocycles. The van der Waals surface area contributed by atoms with E-state index in [0.29, 0.717) is 48.5 Å². The fourth-order valence-corrected chi connectivity index (χ4v) is 7.76. The Morgan fingerprint density at radius 2 is 1.83 bits per heavy atom. The van der Waals surface area contributed by atoms with E-state index in [9.17, 15) is 4.79 Å². The van der Waals surface area contributed by atoms with Gasteiger partial charge in [-0.15, -0.1) is 0 Å².